The van der Waals surface area contributed by atoms with Gasteiger partial charge in [0.25, 0.3) is 0 Å². The Morgan fingerprint density at radius 3 is 2.89 bits per heavy atom. The van der Waals surface area contributed by atoms with E-state index in [0.717, 1.165) is 24.9 Å². The number of hydrogen-bond acceptors (Lipinski definition) is 4. The summed E-state index contributed by atoms with van der Waals surface area (Å²) in [6.45, 7) is 3.76. The Morgan fingerprint density at radius 2 is 2.11 bits per heavy atom. The Kier molecular flexibility index (Phi) is 4.94. The fourth-order valence-corrected chi connectivity index (χ4v) is 4.04. The van der Waals surface area contributed by atoms with E-state index in [1.807, 2.05) is 6.07 Å². The third-order valence-electron chi connectivity index (χ3n) is 5.46. The van der Waals surface area contributed by atoms with Crippen molar-refractivity contribution in [3.63, 3.8) is 0 Å². The minimum absolute atomic E-state index is 0.119. The molecule has 0 amide bonds. The zero-order valence-corrected chi connectivity index (χ0v) is 16.0. The van der Waals surface area contributed by atoms with Crippen LogP contribution in [0.1, 0.15) is 31.7 Å². The van der Waals surface area contributed by atoms with E-state index in [4.69, 9.17) is 16.0 Å². The van der Waals surface area contributed by atoms with Gasteiger partial charge in [0.1, 0.15) is 17.6 Å². The number of likely N-dealkylation sites (tertiary alicyclic amines) is 1. The SMILES string of the molecule is CC1CCCCN1Cc1c(O)ccc2c(=O)c(-c3cccc(Cl)c3)coc12. The minimum Gasteiger partial charge on any atom is -0.507 e. The molecular formula is C22H22ClNO3. The van der Waals surface area contributed by atoms with Crippen LogP contribution < -0.4 is 5.43 Å². The number of phenolic OH excluding ortho intramolecular Hbond substituents is 1. The molecular weight excluding hydrogens is 362 g/mol. The Hall–Kier alpha value is -2.30. The molecule has 1 aliphatic heterocycles. The molecule has 1 fully saturated rings. The number of fused-ring (bicyclic) bond motifs is 1. The Labute approximate surface area is 163 Å². The highest BCUT2D eigenvalue weighted by Gasteiger charge is 2.22. The van der Waals surface area contributed by atoms with Gasteiger partial charge in [-0.1, -0.05) is 30.2 Å². The van der Waals surface area contributed by atoms with E-state index in [-0.39, 0.29) is 11.2 Å². The lowest BCUT2D eigenvalue weighted by molar-refractivity contribution is 0.151. The summed E-state index contributed by atoms with van der Waals surface area (Å²) < 4.78 is 5.88. The van der Waals surface area contributed by atoms with Gasteiger partial charge in [-0.3, -0.25) is 9.69 Å². The van der Waals surface area contributed by atoms with Crippen molar-refractivity contribution in [1.29, 1.82) is 0 Å². The highest BCUT2D eigenvalue weighted by molar-refractivity contribution is 6.30. The molecule has 0 bridgehead atoms. The summed E-state index contributed by atoms with van der Waals surface area (Å²) >= 11 is 6.06. The average Bonchev–Trinajstić information content (AvgIpc) is 2.66. The molecule has 0 saturated carbocycles. The number of aromatic hydroxyl groups is 1. The predicted octanol–water partition coefficient (Wildman–Crippen LogP) is 5.19. The summed E-state index contributed by atoms with van der Waals surface area (Å²) in [6.07, 6.45) is 5.00. The number of halogens is 1. The van der Waals surface area contributed by atoms with Crippen molar-refractivity contribution >= 4 is 22.6 Å². The molecule has 4 rings (SSSR count). The fourth-order valence-electron chi connectivity index (χ4n) is 3.85. The van der Waals surface area contributed by atoms with Gasteiger partial charge in [-0.05, 0) is 56.1 Å². The zero-order chi connectivity index (χ0) is 19.0. The molecule has 0 spiro atoms. The first-order valence-corrected chi connectivity index (χ1v) is 9.69. The van der Waals surface area contributed by atoms with Crippen LogP contribution in [0.15, 0.2) is 51.9 Å². The van der Waals surface area contributed by atoms with E-state index in [9.17, 15) is 9.90 Å². The maximum absolute atomic E-state index is 13.1. The maximum atomic E-state index is 13.1. The predicted molar refractivity (Wildman–Crippen MR) is 108 cm³/mol. The molecule has 4 nitrogen and oxygen atoms in total. The van der Waals surface area contributed by atoms with Crippen molar-refractivity contribution in [2.75, 3.05) is 6.54 Å². The van der Waals surface area contributed by atoms with Gasteiger partial charge in [0, 0.05) is 17.6 Å². The normalized spacial score (nSPS) is 18.1. The highest BCUT2D eigenvalue weighted by Crippen LogP contribution is 2.31. The topological polar surface area (TPSA) is 53.7 Å². The molecule has 5 heteroatoms. The van der Waals surface area contributed by atoms with Gasteiger partial charge >= 0.3 is 0 Å². The number of nitrogens with zero attached hydrogens (tertiary/aromatic N) is 1. The Bertz CT molecular complexity index is 1040. The first kappa shape index (κ1) is 18.1. The third kappa shape index (κ3) is 3.47. The average molecular weight is 384 g/mol. The van der Waals surface area contributed by atoms with Gasteiger partial charge in [0.2, 0.25) is 5.43 Å². The minimum atomic E-state index is -0.119. The van der Waals surface area contributed by atoms with Crippen LogP contribution in [0.5, 0.6) is 5.75 Å². The largest absolute Gasteiger partial charge is 0.507 e. The van der Waals surface area contributed by atoms with E-state index in [1.54, 1.807) is 30.3 Å². The van der Waals surface area contributed by atoms with Gasteiger partial charge in [0.15, 0.2) is 0 Å². The van der Waals surface area contributed by atoms with Crippen LogP contribution >= 0.6 is 11.6 Å². The van der Waals surface area contributed by atoms with Gasteiger partial charge in [-0.25, -0.2) is 0 Å². The second-order valence-corrected chi connectivity index (χ2v) is 7.68. The van der Waals surface area contributed by atoms with Gasteiger partial charge in [0.05, 0.1) is 16.5 Å². The van der Waals surface area contributed by atoms with Crippen molar-refractivity contribution < 1.29 is 9.52 Å². The summed E-state index contributed by atoms with van der Waals surface area (Å²) in [5.41, 5.74) is 2.21. The number of benzene rings is 2. The molecule has 2 aromatic carbocycles. The molecule has 1 atom stereocenters. The number of phenols is 1. The highest BCUT2D eigenvalue weighted by atomic mass is 35.5. The molecule has 1 aromatic heterocycles. The molecule has 1 N–H and O–H groups in total. The molecule has 1 aliphatic rings. The van der Waals surface area contributed by atoms with Gasteiger partial charge in [-0.2, -0.15) is 0 Å². The van der Waals surface area contributed by atoms with Crippen molar-refractivity contribution in [1.82, 2.24) is 4.90 Å². The quantitative estimate of drug-likeness (QED) is 0.675. The molecule has 27 heavy (non-hydrogen) atoms. The molecule has 0 radical (unpaired) electrons. The summed E-state index contributed by atoms with van der Waals surface area (Å²) in [6, 6.07) is 10.8. The summed E-state index contributed by atoms with van der Waals surface area (Å²) in [4.78, 5) is 15.4. The number of piperidine rings is 1. The van der Waals surface area contributed by atoms with E-state index in [1.165, 1.54) is 12.7 Å². The Balaban J connectivity index is 1.81. The smallest absolute Gasteiger partial charge is 0.200 e. The second kappa shape index (κ2) is 7.37. The summed E-state index contributed by atoms with van der Waals surface area (Å²) in [7, 11) is 0. The molecule has 2 heterocycles. The summed E-state index contributed by atoms with van der Waals surface area (Å²) in [5.74, 6) is 0.166. The number of hydrogen-bond donors (Lipinski definition) is 1. The van der Waals surface area contributed by atoms with Crippen LogP contribution in [0.25, 0.3) is 22.1 Å². The maximum Gasteiger partial charge on any atom is 0.200 e. The zero-order valence-electron chi connectivity index (χ0n) is 15.2. The molecule has 1 unspecified atom stereocenters. The van der Waals surface area contributed by atoms with Crippen LogP contribution in [0.2, 0.25) is 5.02 Å². The fraction of sp³-hybridized carbons (Fsp3) is 0.318. The lowest BCUT2D eigenvalue weighted by Crippen LogP contribution is -2.36. The van der Waals surface area contributed by atoms with Gasteiger partial charge in [-0.15, -0.1) is 0 Å². The van der Waals surface area contributed by atoms with Crippen molar-refractivity contribution in [2.45, 2.75) is 38.8 Å². The third-order valence-corrected chi connectivity index (χ3v) is 5.69. The molecule has 3 aromatic rings. The second-order valence-electron chi connectivity index (χ2n) is 7.24. The molecule has 140 valence electrons. The lowest BCUT2D eigenvalue weighted by Gasteiger charge is -2.33. The van der Waals surface area contributed by atoms with Gasteiger partial charge < -0.3 is 9.52 Å². The summed E-state index contributed by atoms with van der Waals surface area (Å²) in [5, 5.41) is 11.5. The standard InChI is InChI=1S/C22H22ClNO3/c1-14-5-2-3-10-24(14)12-18-20(25)9-8-17-21(26)19(13-27-22(17)18)15-6-4-7-16(23)11-15/h4,6-9,11,13-14,25H,2-3,5,10,12H2,1H3. The van der Waals surface area contributed by atoms with Crippen molar-refractivity contribution in [3.8, 4) is 16.9 Å². The molecule has 0 aliphatic carbocycles. The Morgan fingerprint density at radius 1 is 1.26 bits per heavy atom. The van der Waals surface area contributed by atoms with E-state index in [0.29, 0.717) is 39.7 Å². The van der Waals surface area contributed by atoms with Crippen LogP contribution in [0.3, 0.4) is 0 Å². The van der Waals surface area contributed by atoms with E-state index < -0.39 is 0 Å². The van der Waals surface area contributed by atoms with E-state index >= 15 is 0 Å². The van der Waals surface area contributed by atoms with Crippen LogP contribution in [-0.4, -0.2) is 22.6 Å². The van der Waals surface area contributed by atoms with E-state index in [2.05, 4.69) is 11.8 Å². The molecule has 1 saturated heterocycles. The monoisotopic (exact) mass is 383 g/mol. The number of rotatable bonds is 3. The van der Waals surface area contributed by atoms with Crippen LogP contribution in [-0.2, 0) is 6.54 Å². The van der Waals surface area contributed by atoms with Crippen LogP contribution in [0, 0.1) is 0 Å². The first-order valence-electron chi connectivity index (χ1n) is 9.31. The first-order chi connectivity index (χ1) is 13.0. The van der Waals surface area contributed by atoms with Crippen molar-refractivity contribution in [2.24, 2.45) is 0 Å². The lowest BCUT2D eigenvalue weighted by atomic mass is 10.0. The van der Waals surface area contributed by atoms with Crippen LogP contribution in [0.4, 0.5) is 0 Å². The van der Waals surface area contributed by atoms with Crippen molar-refractivity contribution in [3.05, 3.63) is 63.5 Å².